The summed E-state index contributed by atoms with van der Waals surface area (Å²) in [7, 11) is 0. The number of nitrogens with zero attached hydrogens (tertiary/aromatic N) is 4. The molecule has 1 fully saturated rings. The number of hydrogen-bond acceptors (Lipinski definition) is 4. The first kappa shape index (κ1) is 22.3. The van der Waals surface area contributed by atoms with Crippen molar-refractivity contribution in [2.45, 2.75) is 60.8 Å². The largest absolute Gasteiger partial charge is 0.353 e. The Kier molecular flexibility index (Phi) is 6.49. The van der Waals surface area contributed by atoms with Crippen molar-refractivity contribution in [3.63, 3.8) is 0 Å². The van der Waals surface area contributed by atoms with Crippen LogP contribution < -0.4 is 4.90 Å². The van der Waals surface area contributed by atoms with Gasteiger partial charge in [-0.05, 0) is 31.2 Å². The van der Waals surface area contributed by atoms with Gasteiger partial charge in [-0.25, -0.2) is 9.97 Å². The topological polar surface area (TPSA) is 49.3 Å². The molecule has 1 aliphatic heterocycles. The second-order valence-corrected chi connectivity index (χ2v) is 10.00. The minimum atomic E-state index is 0.0194. The molecule has 2 aromatic rings. The Bertz CT molecular complexity index is 906. The summed E-state index contributed by atoms with van der Waals surface area (Å²) in [6.07, 6.45) is 0.592. The Morgan fingerprint density at radius 1 is 1.07 bits per heavy atom. The highest BCUT2D eigenvalue weighted by atomic mass is 16.2. The molecule has 0 spiro atoms. The summed E-state index contributed by atoms with van der Waals surface area (Å²) in [5, 5.41) is 0. The van der Waals surface area contributed by atoms with Gasteiger partial charge in [-0.15, -0.1) is 0 Å². The van der Waals surface area contributed by atoms with E-state index in [4.69, 9.17) is 9.97 Å². The molecule has 162 valence electrons. The van der Waals surface area contributed by atoms with E-state index in [0.29, 0.717) is 12.3 Å². The molecule has 5 nitrogen and oxygen atoms in total. The highest BCUT2D eigenvalue weighted by molar-refractivity contribution is 5.77. The molecule has 2 heterocycles. The van der Waals surface area contributed by atoms with Gasteiger partial charge >= 0.3 is 0 Å². The zero-order valence-electron chi connectivity index (χ0n) is 19.6. The second-order valence-electron chi connectivity index (χ2n) is 10.00. The molecule has 5 heteroatoms. The Morgan fingerprint density at radius 3 is 2.30 bits per heavy atom. The first-order valence-corrected chi connectivity index (χ1v) is 11.0. The minimum absolute atomic E-state index is 0.0194. The molecule has 1 aromatic carbocycles. The summed E-state index contributed by atoms with van der Waals surface area (Å²) < 4.78 is 0. The monoisotopic (exact) mass is 408 g/mol. The smallest absolute Gasteiger partial charge is 0.223 e. The van der Waals surface area contributed by atoms with Crippen molar-refractivity contribution >= 4 is 11.7 Å². The van der Waals surface area contributed by atoms with E-state index in [1.54, 1.807) is 0 Å². The third kappa shape index (κ3) is 5.18. The van der Waals surface area contributed by atoms with Gasteiger partial charge in [-0.1, -0.05) is 58.4 Å². The number of benzene rings is 1. The van der Waals surface area contributed by atoms with Gasteiger partial charge in [0, 0.05) is 49.4 Å². The molecule has 1 saturated heterocycles. The lowest BCUT2D eigenvalue weighted by Crippen LogP contribution is -2.50. The zero-order valence-corrected chi connectivity index (χ0v) is 19.6. The predicted octanol–water partition coefficient (Wildman–Crippen LogP) is 4.97. The van der Waals surface area contributed by atoms with Gasteiger partial charge in [-0.3, -0.25) is 4.79 Å². The highest BCUT2D eigenvalue weighted by Crippen LogP contribution is 2.32. The third-order valence-corrected chi connectivity index (χ3v) is 5.58. The number of carbonyl (C=O) groups is 1. The molecule has 1 aliphatic rings. The summed E-state index contributed by atoms with van der Waals surface area (Å²) in [4.78, 5) is 26.9. The highest BCUT2D eigenvalue weighted by Gasteiger charge is 2.27. The van der Waals surface area contributed by atoms with Crippen LogP contribution in [0.2, 0.25) is 0 Å². The summed E-state index contributed by atoms with van der Waals surface area (Å²) >= 11 is 0. The van der Waals surface area contributed by atoms with Gasteiger partial charge < -0.3 is 9.80 Å². The third-order valence-electron chi connectivity index (χ3n) is 5.58. The number of aryl methyl sites for hydroxylation is 2. The van der Waals surface area contributed by atoms with Crippen molar-refractivity contribution in [2.24, 2.45) is 5.41 Å². The van der Waals surface area contributed by atoms with E-state index in [1.165, 1.54) is 11.1 Å². The van der Waals surface area contributed by atoms with Gasteiger partial charge in [0.25, 0.3) is 0 Å². The van der Waals surface area contributed by atoms with Crippen molar-refractivity contribution in [3.05, 3.63) is 41.1 Å². The van der Waals surface area contributed by atoms with Gasteiger partial charge in [0.1, 0.15) is 5.82 Å². The number of carbonyl (C=O) groups excluding carboxylic acids is 1. The number of hydrogen-bond donors (Lipinski definition) is 0. The molecule has 0 radical (unpaired) electrons. The molecule has 0 atom stereocenters. The van der Waals surface area contributed by atoms with Crippen LogP contribution in [-0.2, 0) is 4.79 Å². The summed E-state index contributed by atoms with van der Waals surface area (Å²) in [5.41, 5.74) is 4.52. The Balaban J connectivity index is 1.87. The molecule has 0 bridgehead atoms. The normalized spacial score (nSPS) is 15.1. The van der Waals surface area contributed by atoms with Gasteiger partial charge in [0.15, 0.2) is 5.82 Å². The molecular weight excluding hydrogens is 372 g/mol. The fourth-order valence-corrected chi connectivity index (χ4v) is 4.13. The van der Waals surface area contributed by atoms with E-state index in [2.05, 4.69) is 77.6 Å². The summed E-state index contributed by atoms with van der Waals surface area (Å²) in [6, 6.07) is 8.35. The van der Waals surface area contributed by atoms with Crippen molar-refractivity contribution in [1.82, 2.24) is 14.9 Å². The predicted molar refractivity (Wildman–Crippen MR) is 124 cm³/mol. The maximum atomic E-state index is 12.6. The maximum Gasteiger partial charge on any atom is 0.223 e. The SMILES string of the molecule is Cc1cccc(-c2nc(C)c(C(C)C)c(N3CCN(C(=O)CC(C)(C)C)CC3)n2)c1. The standard InChI is InChI=1S/C25H36N4O/c1-17(2)22-19(4)26-23(20-10-8-9-18(3)15-20)27-24(22)29-13-11-28(12-14-29)21(30)16-25(5,6)7/h8-10,15,17H,11-14,16H2,1-7H3. The first-order chi connectivity index (χ1) is 14.0. The first-order valence-electron chi connectivity index (χ1n) is 11.0. The molecule has 0 unspecified atom stereocenters. The van der Waals surface area contributed by atoms with Gasteiger partial charge in [-0.2, -0.15) is 0 Å². The van der Waals surface area contributed by atoms with Crippen LogP contribution in [0, 0.1) is 19.3 Å². The molecule has 30 heavy (non-hydrogen) atoms. The van der Waals surface area contributed by atoms with Gasteiger partial charge in [0.05, 0.1) is 0 Å². The van der Waals surface area contributed by atoms with Crippen LogP contribution in [0.1, 0.15) is 63.8 Å². The van der Waals surface area contributed by atoms with E-state index in [1.807, 2.05) is 4.90 Å². The maximum absolute atomic E-state index is 12.6. The molecule has 1 amide bonds. The van der Waals surface area contributed by atoms with E-state index in [9.17, 15) is 4.79 Å². The van der Waals surface area contributed by atoms with Crippen LogP contribution in [0.15, 0.2) is 24.3 Å². The molecule has 1 aromatic heterocycles. The number of amides is 1. The van der Waals surface area contributed by atoms with Gasteiger partial charge in [0.2, 0.25) is 5.91 Å². The van der Waals surface area contributed by atoms with E-state index in [-0.39, 0.29) is 11.3 Å². The Morgan fingerprint density at radius 2 is 1.73 bits per heavy atom. The summed E-state index contributed by atoms with van der Waals surface area (Å²) in [6.45, 7) is 18.0. The number of anilines is 1. The Hall–Kier alpha value is -2.43. The molecule has 0 N–H and O–H groups in total. The lowest BCUT2D eigenvalue weighted by molar-refractivity contribution is -0.133. The summed E-state index contributed by atoms with van der Waals surface area (Å²) in [5.74, 6) is 2.40. The molecular formula is C25H36N4O. The van der Waals surface area contributed by atoms with Crippen LogP contribution >= 0.6 is 0 Å². The molecule has 0 aliphatic carbocycles. The number of rotatable bonds is 4. The average molecular weight is 409 g/mol. The molecule has 0 saturated carbocycles. The van der Waals surface area contributed by atoms with Crippen molar-refractivity contribution < 1.29 is 4.79 Å². The fraction of sp³-hybridized carbons (Fsp3) is 0.560. The van der Waals surface area contributed by atoms with E-state index < -0.39 is 0 Å². The van der Waals surface area contributed by atoms with Crippen LogP contribution in [0.25, 0.3) is 11.4 Å². The second kappa shape index (κ2) is 8.75. The lowest BCUT2D eigenvalue weighted by Gasteiger charge is -2.38. The Labute approximate surface area is 181 Å². The van der Waals surface area contributed by atoms with Crippen LogP contribution in [0.4, 0.5) is 5.82 Å². The quantitative estimate of drug-likeness (QED) is 0.717. The average Bonchev–Trinajstić information content (AvgIpc) is 2.66. The number of aromatic nitrogens is 2. The van der Waals surface area contributed by atoms with E-state index >= 15 is 0 Å². The van der Waals surface area contributed by atoms with Crippen molar-refractivity contribution in [1.29, 1.82) is 0 Å². The van der Waals surface area contributed by atoms with E-state index in [0.717, 1.165) is 49.1 Å². The van der Waals surface area contributed by atoms with Crippen LogP contribution in [0.5, 0.6) is 0 Å². The van der Waals surface area contributed by atoms with Crippen LogP contribution in [0.3, 0.4) is 0 Å². The van der Waals surface area contributed by atoms with Crippen molar-refractivity contribution in [2.75, 3.05) is 31.1 Å². The fourth-order valence-electron chi connectivity index (χ4n) is 4.13. The molecule has 3 rings (SSSR count). The van der Waals surface area contributed by atoms with Crippen LogP contribution in [-0.4, -0.2) is 47.0 Å². The lowest BCUT2D eigenvalue weighted by atomic mass is 9.91. The van der Waals surface area contributed by atoms with Crippen molar-refractivity contribution in [3.8, 4) is 11.4 Å². The zero-order chi connectivity index (χ0) is 22.1. The minimum Gasteiger partial charge on any atom is -0.353 e. The number of piperazine rings is 1.